The summed E-state index contributed by atoms with van der Waals surface area (Å²) in [5.74, 6) is -0.476. The average Bonchev–Trinajstić information content (AvgIpc) is 3.38. The molecule has 0 aliphatic carbocycles. The molecular formula is C57H62O10. The molecule has 10 nitrogen and oxygen atoms in total. The van der Waals surface area contributed by atoms with E-state index in [9.17, 15) is 4.79 Å². The third-order valence-corrected chi connectivity index (χ3v) is 11.5. The molecule has 1 fully saturated rings. The molecule has 6 aromatic rings. The van der Waals surface area contributed by atoms with E-state index in [-0.39, 0.29) is 32.7 Å². The van der Waals surface area contributed by atoms with Crippen molar-refractivity contribution in [2.45, 2.75) is 102 Å². The first-order valence-electron chi connectivity index (χ1n) is 23.0. The summed E-state index contributed by atoms with van der Waals surface area (Å²) < 4.78 is 58.7. The van der Waals surface area contributed by atoms with Crippen molar-refractivity contribution in [1.82, 2.24) is 0 Å². The second kappa shape index (κ2) is 27.1. The monoisotopic (exact) mass is 906 g/mol. The van der Waals surface area contributed by atoms with Gasteiger partial charge in [-0.2, -0.15) is 0 Å². The van der Waals surface area contributed by atoms with Crippen molar-refractivity contribution in [2.75, 3.05) is 13.7 Å². The second-order valence-electron chi connectivity index (χ2n) is 16.4. The molecule has 67 heavy (non-hydrogen) atoms. The highest BCUT2D eigenvalue weighted by atomic mass is 16.7. The Bertz CT molecular complexity index is 2270. The number of esters is 1. The number of ether oxygens (including phenoxy) is 9. The van der Waals surface area contributed by atoms with Crippen LogP contribution in [-0.4, -0.2) is 68.7 Å². The Balaban J connectivity index is 1.13. The van der Waals surface area contributed by atoms with E-state index in [2.05, 4.69) is 6.58 Å². The van der Waals surface area contributed by atoms with Gasteiger partial charge in [0.25, 0.3) is 0 Å². The zero-order chi connectivity index (χ0) is 46.3. The molecule has 0 bridgehead atoms. The van der Waals surface area contributed by atoms with Crippen LogP contribution in [0.2, 0.25) is 0 Å². The SMILES string of the molecule is C=CC(OCc1ccccc1)[C@H](OCc1ccccc1)C(COCc1ccccc1)OC(=O)CCC1O[C@H](OC)C(OCc2ccccc2)C(OCc2ccccc2)[C@@H]1OCc1ccccc1. The Morgan fingerprint density at radius 2 is 0.940 bits per heavy atom. The first-order chi connectivity index (χ1) is 33.1. The number of hydrogen-bond acceptors (Lipinski definition) is 10. The highest BCUT2D eigenvalue weighted by molar-refractivity contribution is 5.69. The van der Waals surface area contributed by atoms with E-state index >= 15 is 0 Å². The van der Waals surface area contributed by atoms with Gasteiger partial charge in [0, 0.05) is 13.5 Å². The quantitative estimate of drug-likeness (QED) is 0.0367. The highest BCUT2D eigenvalue weighted by Crippen LogP contribution is 2.33. The number of methoxy groups -OCH3 is 1. The zero-order valence-corrected chi connectivity index (χ0v) is 38.2. The van der Waals surface area contributed by atoms with Gasteiger partial charge in [-0.05, 0) is 39.8 Å². The fourth-order valence-electron chi connectivity index (χ4n) is 7.96. The molecule has 0 amide bonds. The molecule has 5 unspecified atom stereocenters. The summed E-state index contributed by atoms with van der Waals surface area (Å²) >= 11 is 0. The van der Waals surface area contributed by atoms with Gasteiger partial charge < -0.3 is 42.6 Å². The lowest BCUT2D eigenvalue weighted by Crippen LogP contribution is -2.60. The third-order valence-electron chi connectivity index (χ3n) is 11.5. The topological polar surface area (TPSA) is 100 Å². The molecule has 7 rings (SSSR count). The first kappa shape index (κ1) is 49.1. The summed E-state index contributed by atoms with van der Waals surface area (Å²) in [6.07, 6.45) is -3.98. The van der Waals surface area contributed by atoms with Gasteiger partial charge in [-0.25, -0.2) is 0 Å². The molecule has 0 saturated carbocycles. The number of carbonyl (C=O) groups is 1. The van der Waals surface area contributed by atoms with Crippen molar-refractivity contribution in [3.05, 3.63) is 228 Å². The van der Waals surface area contributed by atoms with Crippen LogP contribution in [0.1, 0.15) is 46.2 Å². The fraction of sp³-hybridized carbons (Fsp3) is 0.316. The van der Waals surface area contributed by atoms with Gasteiger partial charge in [0.15, 0.2) is 12.4 Å². The zero-order valence-electron chi connectivity index (χ0n) is 38.2. The van der Waals surface area contributed by atoms with Gasteiger partial charge >= 0.3 is 5.97 Å². The van der Waals surface area contributed by atoms with Gasteiger partial charge in [0.1, 0.15) is 30.5 Å². The largest absolute Gasteiger partial charge is 0.457 e. The lowest BCUT2D eigenvalue weighted by molar-refractivity contribution is -0.318. The van der Waals surface area contributed by atoms with Gasteiger partial charge in [-0.15, -0.1) is 6.58 Å². The molecule has 0 radical (unpaired) electrons. The Labute approximate surface area is 395 Å². The molecule has 350 valence electrons. The van der Waals surface area contributed by atoms with E-state index in [1.165, 1.54) is 0 Å². The first-order valence-corrected chi connectivity index (χ1v) is 23.0. The van der Waals surface area contributed by atoms with Gasteiger partial charge in [0.2, 0.25) is 0 Å². The molecule has 0 aromatic heterocycles. The maximum absolute atomic E-state index is 14.4. The molecule has 6 aromatic carbocycles. The number of hydrogen-bond donors (Lipinski definition) is 0. The smallest absolute Gasteiger partial charge is 0.306 e. The van der Waals surface area contributed by atoms with Crippen LogP contribution in [0.5, 0.6) is 0 Å². The van der Waals surface area contributed by atoms with Crippen molar-refractivity contribution in [3.63, 3.8) is 0 Å². The van der Waals surface area contributed by atoms with E-state index in [1.54, 1.807) is 13.2 Å². The van der Waals surface area contributed by atoms with Crippen LogP contribution in [-0.2, 0) is 87.1 Å². The van der Waals surface area contributed by atoms with Crippen molar-refractivity contribution in [3.8, 4) is 0 Å². The highest BCUT2D eigenvalue weighted by Gasteiger charge is 2.49. The normalized spacial score (nSPS) is 19.5. The summed E-state index contributed by atoms with van der Waals surface area (Å²) in [4.78, 5) is 14.4. The maximum Gasteiger partial charge on any atom is 0.306 e. The molecule has 8 atom stereocenters. The Morgan fingerprint density at radius 3 is 1.39 bits per heavy atom. The molecule has 0 N–H and O–H groups in total. The lowest BCUT2D eigenvalue weighted by Gasteiger charge is -2.45. The lowest BCUT2D eigenvalue weighted by atomic mass is 9.94. The van der Waals surface area contributed by atoms with E-state index in [0.29, 0.717) is 26.4 Å². The number of carbonyl (C=O) groups excluding carboxylic acids is 1. The van der Waals surface area contributed by atoms with Crippen molar-refractivity contribution in [1.29, 1.82) is 0 Å². The van der Waals surface area contributed by atoms with Gasteiger partial charge in [-0.3, -0.25) is 4.79 Å². The minimum absolute atomic E-state index is 0.0303. The van der Waals surface area contributed by atoms with Crippen LogP contribution in [0, 0.1) is 0 Å². The number of benzene rings is 6. The predicted octanol–water partition coefficient (Wildman–Crippen LogP) is 10.4. The van der Waals surface area contributed by atoms with E-state index in [1.807, 2.05) is 182 Å². The van der Waals surface area contributed by atoms with Crippen molar-refractivity contribution < 1.29 is 47.4 Å². The van der Waals surface area contributed by atoms with E-state index in [0.717, 1.165) is 33.4 Å². The van der Waals surface area contributed by atoms with Crippen LogP contribution < -0.4 is 0 Å². The molecule has 1 aliphatic rings. The summed E-state index contributed by atoms with van der Waals surface area (Å²) in [7, 11) is 1.58. The second-order valence-corrected chi connectivity index (χ2v) is 16.4. The number of rotatable bonds is 27. The van der Waals surface area contributed by atoms with Crippen LogP contribution in [0.15, 0.2) is 195 Å². The molecule has 10 heteroatoms. The minimum atomic E-state index is -0.888. The molecule has 1 aliphatic heterocycles. The van der Waals surface area contributed by atoms with Crippen molar-refractivity contribution in [2.24, 2.45) is 0 Å². The third kappa shape index (κ3) is 15.6. The van der Waals surface area contributed by atoms with E-state index < -0.39 is 55.0 Å². The van der Waals surface area contributed by atoms with Gasteiger partial charge in [-0.1, -0.05) is 188 Å². The molecule has 1 heterocycles. The average molecular weight is 907 g/mol. The van der Waals surface area contributed by atoms with Crippen LogP contribution in [0.3, 0.4) is 0 Å². The van der Waals surface area contributed by atoms with Crippen LogP contribution >= 0.6 is 0 Å². The Kier molecular flexibility index (Phi) is 19.9. The summed E-state index contributed by atoms with van der Waals surface area (Å²) in [6.45, 7) is 5.85. The molecule has 1 saturated heterocycles. The fourth-order valence-corrected chi connectivity index (χ4v) is 7.96. The van der Waals surface area contributed by atoms with Gasteiger partial charge in [0.05, 0.1) is 52.4 Å². The Hall–Kier alpha value is -5.79. The molecule has 0 spiro atoms. The van der Waals surface area contributed by atoms with E-state index in [4.69, 9.17) is 42.6 Å². The standard InChI is InChI=1S/C57H62O10/c1-3-49(61-37-44-24-12-5-13-25-44)53(62-38-45-26-14-6-15-27-45)51(42-60-36-43-22-10-4-11-23-43)66-52(58)35-34-50-54(63-39-46-28-16-7-17-29-46)55(64-40-47-30-18-8-19-31-47)56(57(59-2)67-50)65-41-48-32-20-9-21-33-48/h3-33,49-51,53-57H,1,34-42H2,2H3/t49?,50?,51?,53-,54+,55?,56?,57-/m0/s1. The molecular weight excluding hydrogens is 845 g/mol. The predicted molar refractivity (Wildman–Crippen MR) is 256 cm³/mol. The van der Waals surface area contributed by atoms with Crippen LogP contribution in [0.4, 0.5) is 0 Å². The maximum atomic E-state index is 14.4. The minimum Gasteiger partial charge on any atom is -0.457 e. The summed E-state index contributed by atoms with van der Waals surface area (Å²) in [5.41, 5.74) is 5.87. The van der Waals surface area contributed by atoms with Crippen molar-refractivity contribution >= 4 is 5.97 Å². The Morgan fingerprint density at radius 1 is 0.537 bits per heavy atom. The summed E-state index contributed by atoms with van der Waals surface area (Å²) in [5, 5.41) is 0. The van der Waals surface area contributed by atoms with Crippen LogP contribution in [0.25, 0.3) is 0 Å². The summed E-state index contributed by atoms with van der Waals surface area (Å²) in [6, 6.07) is 59.4.